The van der Waals surface area contributed by atoms with Gasteiger partial charge in [0.05, 0.1) is 0 Å². The summed E-state index contributed by atoms with van der Waals surface area (Å²) < 4.78 is 0. The fourth-order valence-electron chi connectivity index (χ4n) is 9.43. The molecule has 0 unspecified atom stereocenters. The Morgan fingerprint density at radius 2 is 0.628 bits per heavy atom. The van der Waals surface area contributed by atoms with Gasteiger partial charge in [-0.25, -0.2) is 0 Å². The molecule has 0 aromatic heterocycles. The predicted octanol–water partition coefficient (Wildman–Crippen LogP) is 21.2. The van der Waals surface area contributed by atoms with E-state index in [-0.39, 0.29) is 0 Å². The number of allylic oxidation sites excluding steroid dienone is 10. The van der Waals surface area contributed by atoms with Gasteiger partial charge in [0.1, 0.15) is 0 Å². The molecule has 4 nitrogen and oxygen atoms in total. The Balaban J connectivity index is 0.000000912. The van der Waals surface area contributed by atoms with Gasteiger partial charge in [-0.1, -0.05) is 207 Å². The van der Waals surface area contributed by atoms with Crippen LogP contribution in [0.4, 0.5) is 56.9 Å². The first kappa shape index (κ1) is 51.3. The predicted molar refractivity (Wildman–Crippen MR) is 336 cm³/mol. The van der Waals surface area contributed by atoms with Crippen LogP contribution in [-0.4, -0.2) is 0 Å². The van der Waals surface area contributed by atoms with E-state index in [1.807, 2.05) is 55.5 Å². The molecule has 10 aromatic rings. The van der Waals surface area contributed by atoms with Gasteiger partial charge in [-0.3, -0.25) is 0 Å². The SMILES string of the molecule is C1=CC=CCC=C1.C=C(/C=C\C=C/C)N(c1ccc(-c2ccc(N(c3ccccc3)c3ccccc3)cc2)cc1)c1ccc(-c2ccc(N(c3ccccc3)c3ccc(-c4ccc(Nc5ccccc5)cc4)cc3)cc2)cc1. The van der Waals surface area contributed by atoms with E-state index in [0.717, 1.165) is 96.8 Å². The van der Waals surface area contributed by atoms with Crippen LogP contribution in [-0.2, 0) is 0 Å². The normalized spacial score (nSPS) is 11.7. The van der Waals surface area contributed by atoms with Crippen LogP contribution < -0.4 is 20.0 Å². The van der Waals surface area contributed by atoms with Gasteiger partial charge in [-0.15, -0.1) is 0 Å². The van der Waals surface area contributed by atoms with Crippen LogP contribution in [0.2, 0.25) is 0 Å². The van der Waals surface area contributed by atoms with Crippen molar-refractivity contribution in [1.29, 1.82) is 0 Å². The number of hydrogen-bond donors (Lipinski definition) is 1. The Bertz CT molecular complexity index is 3570. The molecule has 0 aliphatic heterocycles. The van der Waals surface area contributed by atoms with Crippen LogP contribution >= 0.6 is 0 Å². The molecule has 11 rings (SSSR count). The molecule has 78 heavy (non-hydrogen) atoms. The average molecular weight is 1010 g/mol. The molecule has 0 saturated carbocycles. The summed E-state index contributed by atoms with van der Waals surface area (Å²) in [4.78, 5) is 6.80. The lowest BCUT2D eigenvalue weighted by molar-refractivity contribution is 1.22. The Hall–Kier alpha value is -10.2. The first-order valence-corrected chi connectivity index (χ1v) is 26.5. The lowest BCUT2D eigenvalue weighted by Crippen LogP contribution is -2.14. The van der Waals surface area contributed by atoms with E-state index >= 15 is 0 Å². The highest BCUT2D eigenvalue weighted by Crippen LogP contribution is 2.39. The molecule has 0 fully saturated rings. The lowest BCUT2D eigenvalue weighted by Gasteiger charge is -2.27. The first-order chi connectivity index (χ1) is 38.6. The van der Waals surface area contributed by atoms with Crippen LogP contribution in [0.15, 0.2) is 340 Å². The quantitative estimate of drug-likeness (QED) is 0.0974. The summed E-state index contributed by atoms with van der Waals surface area (Å²) in [6.45, 7) is 6.54. The molecule has 378 valence electrons. The molecular weight excluding hydrogens is 945 g/mol. The van der Waals surface area contributed by atoms with Crippen molar-refractivity contribution in [2.75, 3.05) is 20.0 Å². The van der Waals surface area contributed by atoms with Crippen molar-refractivity contribution in [3.05, 3.63) is 340 Å². The van der Waals surface area contributed by atoms with E-state index in [1.165, 1.54) is 5.56 Å². The zero-order valence-corrected chi connectivity index (χ0v) is 43.9. The van der Waals surface area contributed by atoms with Gasteiger partial charge < -0.3 is 20.0 Å². The Morgan fingerprint density at radius 1 is 0.333 bits per heavy atom. The summed E-state index contributed by atoms with van der Waals surface area (Å²) >= 11 is 0. The fourth-order valence-corrected chi connectivity index (χ4v) is 9.43. The number of nitrogens with one attached hydrogen (secondary N) is 1. The molecule has 10 aromatic carbocycles. The van der Waals surface area contributed by atoms with Gasteiger partial charge in [-0.05, 0) is 174 Å². The van der Waals surface area contributed by atoms with Gasteiger partial charge in [0.25, 0.3) is 0 Å². The third kappa shape index (κ3) is 13.0. The van der Waals surface area contributed by atoms with Crippen molar-refractivity contribution in [3.63, 3.8) is 0 Å². The third-order valence-electron chi connectivity index (χ3n) is 13.4. The van der Waals surface area contributed by atoms with Crippen LogP contribution in [0.25, 0.3) is 33.4 Å². The Morgan fingerprint density at radius 3 is 0.974 bits per heavy atom. The summed E-state index contributed by atoms with van der Waals surface area (Å²) in [6, 6.07) is 94.4. The molecule has 1 aliphatic rings. The van der Waals surface area contributed by atoms with Gasteiger partial charge >= 0.3 is 0 Å². The summed E-state index contributed by atoms with van der Waals surface area (Å²) in [7, 11) is 0. The number of benzene rings is 10. The van der Waals surface area contributed by atoms with Crippen molar-refractivity contribution in [1.82, 2.24) is 0 Å². The highest BCUT2D eigenvalue weighted by atomic mass is 15.2. The standard InChI is InChI=1S/C67H54N4.C7H8/c1-3-4-9-18-51(2)69(63-41-29-54(30-42-63)56-35-45-65(46-36-56)70(60-21-12-6-13-22-60)61-23-14-7-15-24-61)64-43-31-55(32-44-64)57-37-49-67(50-38-57)71(62-25-16-8-17-26-62)66-47-33-53(34-48-66)52-27-39-59(40-28-52)68-58-19-10-5-11-20-58;1-2-4-6-7-5-3-1/h3-50,68H,2H2,1H3;1-6H,7H2/b4-3-,18-9-;. The molecule has 4 heteroatoms. The van der Waals surface area contributed by atoms with Crippen LogP contribution in [0.3, 0.4) is 0 Å². The van der Waals surface area contributed by atoms with Crippen molar-refractivity contribution in [2.24, 2.45) is 0 Å². The molecule has 0 heterocycles. The second-order valence-corrected chi connectivity index (χ2v) is 18.7. The number of hydrogen-bond acceptors (Lipinski definition) is 4. The fraction of sp³-hybridized carbons (Fsp3) is 0.0270. The molecule has 0 spiro atoms. The second kappa shape index (κ2) is 25.9. The minimum absolute atomic E-state index is 0.863. The molecule has 0 amide bonds. The van der Waals surface area contributed by atoms with Crippen molar-refractivity contribution in [2.45, 2.75) is 13.3 Å². The zero-order chi connectivity index (χ0) is 53.1. The maximum absolute atomic E-state index is 4.52. The molecule has 1 N–H and O–H groups in total. The third-order valence-corrected chi connectivity index (χ3v) is 13.4. The van der Waals surface area contributed by atoms with E-state index < -0.39 is 0 Å². The number of anilines is 10. The van der Waals surface area contributed by atoms with Gasteiger partial charge in [-0.2, -0.15) is 0 Å². The highest BCUT2D eigenvalue weighted by molar-refractivity contribution is 5.82. The van der Waals surface area contributed by atoms with E-state index in [9.17, 15) is 0 Å². The summed E-state index contributed by atoms with van der Waals surface area (Å²) in [5.74, 6) is 0. The summed E-state index contributed by atoms with van der Waals surface area (Å²) in [6.07, 6.45) is 21.6. The monoisotopic (exact) mass is 1010 g/mol. The van der Waals surface area contributed by atoms with E-state index in [4.69, 9.17) is 0 Å². The summed E-state index contributed by atoms with van der Waals surface area (Å²) in [5, 5.41) is 3.48. The first-order valence-electron chi connectivity index (χ1n) is 26.5. The maximum Gasteiger partial charge on any atom is 0.0462 e. The van der Waals surface area contributed by atoms with Crippen molar-refractivity contribution in [3.8, 4) is 33.4 Å². The smallest absolute Gasteiger partial charge is 0.0462 e. The van der Waals surface area contributed by atoms with Gasteiger partial charge in [0, 0.05) is 62.6 Å². The lowest BCUT2D eigenvalue weighted by atomic mass is 10.0. The van der Waals surface area contributed by atoms with E-state index in [1.54, 1.807) is 0 Å². The Labute approximate surface area is 461 Å². The van der Waals surface area contributed by atoms with Crippen molar-refractivity contribution < 1.29 is 0 Å². The van der Waals surface area contributed by atoms with Crippen LogP contribution in [0, 0.1) is 0 Å². The topological polar surface area (TPSA) is 21.8 Å². The van der Waals surface area contributed by atoms with E-state index in [0.29, 0.717) is 0 Å². The number of rotatable bonds is 16. The molecule has 0 radical (unpaired) electrons. The highest BCUT2D eigenvalue weighted by Gasteiger charge is 2.17. The zero-order valence-electron chi connectivity index (χ0n) is 43.9. The Kier molecular flexibility index (Phi) is 17.0. The maximum atomic E-state index is 4.52. The number of para-hydroxylation sites is 4. The largest absolute Gasteiger partial charge is 0.356 e. The molecule has 0 atom stereocenters. The molecular formula is C74H62N4. The second-order valence-electron chi connectivity index (χ2n) is 18.7. The van der Waals surface area contributed by atoms with Gasteiger partial charge in [0.15, 0.2) is 0 Å². The molecule has 0 bridgehead atoms. The van der Waals surface area contributed by atoms with E-state index in [2.05, 4.69) is 306 Å². The number of nitrogens with zero attached hydrogens (tertiary/aromatic N) is 3. The van der Waals surface area contributed by atoms with Crippen LogP contribution in [0.5, 0.6) is 0 Å². The minimum atomic E-state index is 0.863. The average Bonchev–Trinajstić information content (AvgIpc) is 3.84. The minimum Gasteiger partial charge on any atom is -0.356 e. The van der Waals surface area contributed by atoms with Crippen LogP contribution in [0.1, 0.15) is 13.3 Å². The van der Waals surface area contributed by atoms with Crippen molar-refractivity contribution >= 4 is 56.9 Å². The molecule has 0 saturated heterocycles. The summed E-state index contributed by atoms with van der Waals surface area (Å²) in [5.41, 5.74) is 18.5. The van der Waals surface area contributed by atoms with Gasteiger partial charge in [0.2, 0.25) is 0 Å². The molecule has 1 aliphatic carbocycles.